The summed E-state index contributed by atoms with van der Waals surface area (Å²) in [6, 6.07) is 85.7. The normalized spacial score (nSPS) is 12.1. The monoisotopic (exact) mass is 946 g/mol. The average Bonchev–Trinajstić information content (AvgIpc) is 4.18. The molecule has 0 spiro atoms. The molecule has 0 saturated carbocycles. The van der Waals surface area contributed by atoms with Gasteiger partial charge in [0.2, 0.25) is 0 Å². The average molecular weight is 947 g/mol. The molecule has 0 fully saturated rings. The van der Waals surface area contributed by atoms with Gasteiger partial charge in [-0.25, -0.2) is 0 Å². The van der Waals surface area contributed by atoms with E-state index in [1.807, 2.05) is 0 Å². The lowest BCUT2D eigenvalue weighted by Gasteiger charge is -2.30. The first-order chi connectivity index (χ1) is 36.4. The van der Waals surface area contributed by atoms with Crippen LogP contribution in [0.3, 0.4) is 0 Å². The minimum absolute atomic E-state index is 1.14. The summed E-state index contributed by atoms with van der Waals surface area (Å²) in [7, 11) is 0. The van der Waals surface area contributed by atoms with Crippen molar-refractivity contribution in [1.29, 1.82) is 0 Å². The van der Waals surface area contributed by atoms with Crippen LogP contribution in [0, 0.1) is 27.7 Å². The molecule has 0 saturated heterocycles. The van der Waals surface area contributed by atoms with Crippen molar-refractivity contribution in [2.24, 2.45) is 0 Å². The molecule has 0 bridgehead atoms. The first-order valence-electron chi connectivity index (χ1n) is 25.8. The van der Waals surface area contributed by atoms with Crippen LogP contribution >= 0.6 is 0 Å². The number of benzene rings is 11. The standard InChI is InChI=1S/C70H50N4/c1-43-19-15-27-49(39-43)71(67-45(3)21-17-31-51(67)47-23-7-5-8-24-47)61-37-35-53-57-41-64-58(42-63(57)73-59-33-13-11-29-55(59)65(61)69(53)73)54-36-38-62(66-56-30-12-14-34-60(56)74(64)70(54)66)72(50-28-16-20-44(2)40-50)68-46(4)22-18-32-52(68)48-25-9-6-10-26-48/h5-42H,1-4H3. The van der Waals surface area contributed by atoms with Gasteiger partial charge in [-0.3, -0.25) is 0 Å². The van der Waals surface area contributed by atoms with Crippen molar-refractivity contribution in [2.75, 3.05) is 9.80 Å². The fourth-order valence-electron chi connectivity index (χ4n) is 12.8. The Balaban J connectivity index is 1.03. The number of aromatic nitrogens is 2. The number of para-hydroxylation sites is 4. The van der Waals surface area contributed by atoms with Crippen molar-refractivity contribution < 1.29 is 0 Å². The molecule has 0 aliphatic carbocycles. The number of rotatable bonds is 8. The Morgan fingerprint density at radius 3 is 1.14 bits per heavy atom. The Labute approximate surface area is 429 Å². The van der Waals surface area contributed by atoms with Crippen molar-refractivity contribution in [3.8, 4) is 22.3 Å². The van der Waals surface area contributed by atoms with Crippen molar-refractivity contribution in [2.45, 2.75) is 27.7 Å². The predicted molar refractivity (Wildman–Crippen MR) is 315 cm³/mol. The summed E-state index contributed by atoms with van der Waals surface area (Å²) in [5, 5.41) is 9.97. The van der Waals surface area contributed by atoms with Gasteiger partial charge in [-0.15, -0.1) is 0 Å². The van der Waals surface area contributed by atoms with Crippen LogP contribution in [0.15, 0.2) is 231 Å². The zero-order valence-electron chi connectivity index (χ0n) is 41.7. The molecule has 350 valence electrons. The van der Waals surface area contributed by atoms with E-state index in [0.29, 0.717) is 0 Å². The van der Waals surface area contributed by atoms with E-state index in [4.69, 9.17) is 0 Å². The van der Waals surface area contributed by atoms with Crippen molar-refractivity contribution in [3.05, 3.63) is 253 Å². The highest BCUT2D eigenvalue weighted by molar-refractivity contribution is 6.32. The minimum atomic E-state index is 1.14. The smallest absolute Gasteiger partial charge is 0.0641 e. The quantitative estimate of drug-likeness (QED) is 0.151. The maximum absolute atomic E-state index is 2.56. The number of hydrogen-bond donors (Lipinski definition) is 0. The highest BCUT2D eigenvalue weighted by atomic mass is 15.2. The van der Waals surface area contributed by atoms with E-state index >= 15 is 0 Å². The molecule has 4 heterocycles. The van der Waals surface area contributed by atoms with E-state index in [-0.39, 0.29) is 0 Å². The van der Waals surface area contributed by atoms with Gasteiger partial charge in [-0.2, -0.15) is 0 Å². The Morgan fingerprint density at radius 2 is 0.703 bits per heavy atom. The summed E-state index contributed by atoms with van der Waals surface area (Å²) >= 11 is 0. The van der Waals surface area contributed by atoms with Gasteiger partial charge in [0.1, 0.15) is 0 Å². The second-order valence-corrected chi connectivity index (χ2v) is 20.3. The predicted octanol–water partition coefficient (Wildman–Crippen LogP) is 19.5. The van der Waals surface area contributed by atoms with E-state index in [2.05, 4.69) is 277 Å². The lowest BCUT2D eigenvalue weighted by molar-refractivity contribution is 1.25. The molecule has 15 aromatic rings. The zero-order valence-corrected chi connectivity index (χ0v) is 41.7. The highest BCUT2D eigenvalue weighted by Crippen LogP contribution is 2.53. The lowest BCUT2D eigenvalue weighted by Crippen LogP contribution is -2.13. The molecular weight excluding hydrogens is 897 g/mol. The fourth-order valence-corrected chi connectivity index (χ4v) is 12.8. The van der Waals surface area contributed by atoms with Gasteiger partial charge in [-0.05, 0) is 122 Å². The topological polar surface area (TPSA) is 15.3 Å². The first kappa shape index (κ1) is 42.3. The van der Waals surface area contributed by atoms with Crippen molar-refractivity contribution in [3.63, 3.8) is 0 Å². The van der Waals surface area contributed by atoms with Gasteiger partial charge < -0.3 is 18.6 Å². The third-order valence-corrected chi connectivity index (χ3v) is 15.9. The molecule has 0 aliphatic rings. The molecule has 4 aromatic heterocycles. The number of anilines is 6. The molecule has 0 radical (unpaired) electrons. The van der Waals surface area contributed by atoms with Crippen LogP contribution in [0.5, 0.6) is 0 Å². The lowest BCUT2D eigenvalue weighted by atomic mass is 9.97. The van der Waals surface area contributed by atoms with E-state index in [1.165, 1.54) is 132 Å². The van der Waals surface area contributed by atoms with Crippen LogP contribution in [0.1, 0.15) is 22.3 Å². The number of hydrogen-bond acceptors (Lipinski definition) is 2. The molecule has 4 heteroatoms. The maximum atomic E-state index is 2.56. The van der Waals surface area contributed by atoms with Crippen LogP contribution in [0.4, 0.5) is 34.1 Å². The van der Waals surface area contributed by atoms with Gasteiger partial charge in [0, 0.05) is 65.6 Å². The van der Waals surface area contributed by atoms with Crippen LogP contribution in [-0.2, 0) is 0 Å². The second kappa shape index (κ2) is 16.1. The molecule has 11 aromatic carbocycles. The molecule has 0 aliphatic heterocycles. The second-order valence-electron chi connectivity index (χ2n) is 20.3. The molecule has 0 atom stereocenters. The van der Waals surface area contributed by atoms with Gasteiger partial charge >= 0.3 is 0 Å². The summed E-state index contributed by atoms with van der Waals surface area (Å²) in [6.45, 7) is 8.89. The number of aryl methyl sites for hydroxylation is 4. The third kappa shape index (κ3) is 6.03. The summed E-state index contributed by atoms with van der Waals surface area (Å²) in [5.74, 6) is 0. The Morgan fingerprint density at radius 1 is 0.297 bits per heavy atom. The van der Waals surface area contributed by atoms with Crippen LogP contribution in [0.2, 0.25) is 0 Å². The Bertz CT molecular complexity index is 4410. The van der Waals surface area contributed by atoms with Gasteiger partial charge in [0.05, 0.1) is 55.8 Å². The van der Waals surface area contributed by atoms with E-state index < -0.39 is 0 Å². The molecule has 0 N–H and O–H groups in total. The summed E-state index contributed by atoms with van der Waals surface area (Å²) in [4.78, 5) is 5.06. The molecule has 74 heavy (non-hydrogen) atoms. The van der Waals surface area contributed by atoms with E-state index in [9.17, 15) is 0 Å². The van der Waals surface area contributed by atoms with Crippen LogP contribution in [0.25, 0.3) is 98.4 Å². The van der Waals surface area contributed by atoms with Crippen LogP contribution in [-0.4, -0.2) is 8.80 Å². The first-order valence-corrected chi connectivity index (χ1v) is 25.8. The minimum Gasteiger partial charge on any atom is -0.309 e. The van der Waals surface area contributed by atoms with E-state index in [0.717, 1.165) is 22.7 Å². The summed E-state index contributed by atoms with van der Waals surface area (Å²) in [5.41, 5.74) is 24.0. The molecule has 0 unspecified atom stereocenters. The molecule has 15 rings (SSSR count). The van der Waals surface area contributed by atoms with Crippen molar-refractivity contribution >= 4 is 110 Å². The third-order valence-electron chi connectivity index (χ3n) is 15.9. The molecular formula is C70H50N4. The maximum Gasteiger partial charge on any atom is 0.0641 e. The van der Waals surface area contributed by atoms with E-state index in [1.54, 1.807) is 0 Å². The SMILES string of the molecule is Cc1cccc(N(c2c(C)cccc2-c2ccccc2)c2ccc3c4cc5c(cc4n4c6ccccc6c2c34)c2ccc(N(c3cccc(C)c3)c3c(C)cccc3-c3ccccc3)c3c4ccccc4n5c23)c1. The van der Waals surface area contributed by atoms with Crippen molar-refractivity contribution in [1.82, 2.24) is 8.80 Å². The largest absolute Gasteiger partial charge is 0.309 e. The van der Waals surface area contributed by atoms with Crippen LogP contribution < -0.4 is 9.80 Å². The summed E-state index contributed by atoms with van der Waals surface area (Å²) < 4.78 is 5.12. The number of fused-ring (bicyclic) bond motifs is 12. The van der Waals surface area contributed by atoms with Gasteiger partial charge in [0.25, 0.3) is 0 Å². The fraction of sp³-hybridized carbons (Fsp3) is 0.0571. The zero-order chi connectivity index (χ0) is 49.3. The summed E-state index contributed by atoms with van der Waals surface area (Å²) in [6.07, 6.45) is 0. The Kier molecular flexibility index (Phi) is 9.19. The highest BCUT2D eigenvalue weighted by Gasteiger charge is 2.30. The van der Waals surface area contributed by atoms with Gasteiger partial charge in [-0.1, -0.05) is 170 Å². The molecule has 4 nitrogen and oxygen atoms in total. The Hall–Kier alpha value is -9.38. The molecule has 0 amide bonds. The number of nitrogens with zero attached hydrogens (tertiary/aromatic N) is 4. The van der Waals surface area contributed by atoms with Gasteiger partial charge in [0.15, 0.2) is 0 Å².